The van der Waals surface area contributed by atoms with E-state index in [4.69, 9.17) is 4.42 Å². The summed E-state index contributed by atoms with van der Waals surface area (Å²) in [6.07, 6.45) is 0.861. The minimum Gasteiger partial charge on any atom is -0.408 e. The fraction of sp³-hybridized carbons (Fsp3) is 0.217. The summed E-state index contributed by atoms with van der Waals surface area (Å²) < 4.78 is 62.5. The zero-order valence-electron chi connectivity index (χ0n) is 18.4. The summed E-state index contributed by atoms with van der Waals surface area (Å²) in [7, 11) is -4.47. The highest BCUT2D eigenvalue weighted by Crippen LogP contribution is 2.30. The second-order valence-corrected chi connectivity index (χ2v) is 9.68. The molecule has 12 heteroatoms. The standard InChI is InChI=1S/C23H20F2N4O4S.ClH/c1-13(15-5-2-4-14-8-9-26-12-16(14)15)29-18-10-17(24)20(11-19(18)33-23(29)30)34(31,32)28-22-7-3-6-21(25)27-22;/h2-7,10-11,13,26H,8-9,12H2,1H3,(H,27,28);1H/t13-;/m1./s1. The number of hydrogen-bond acceptors (Lipinski definition) is 6. The first-order valence-electron chi connectivity index (χ1n) is 10.6. The summed E-state index contributed by atoms with van der Waals surface area (Å²) in [4.78, 5) is 15.4. The molecule has 0 saturated heterocycles. The van der Waals surface area contributed by atoms with E-state index in [0.717, 1.165) is 42.3 Å². The van der Waals surface area contributed by atoms with Crippen molar-refractivity contribution in [3.8, 4) is 0 Å². The molecule has 3 heterocycles. The van der Waals surface area contributed by atoms with Crippen LogP contribution in [0.15, 0.2) is 62.6 Å². The third-order valence-electron chi connectivity index (χ3n) is 5.93. The predicted octanol–water partition coefficient (Wildman–Crippen LogP) is 3.75. The summed E-state index contributed by atoms with van der Waals surface area (Å²) in [5.74, 6) is -3.03. The van der Waals surface area contributed by atoms with Crippen molar-refractivity contribution in [2.24, 2.45) is 0 Å². The molecule has 0 saturated carbocycles. The number of halogens is 3. The van der Waals surface area contributed by atoms with Gasteiger partial charge in [-0.15, -0.1) is 12.4 Å². The van der Waals surface area contributed by atoms with E-state index in [9.17, 15) is 17.6 Å². The molecule has 0 fully saturated rings. The number of nitrogens with one attached hydrogen (secondary N) is 2. The SMILES string of the molecule is C[C@H](c1cccc2c1CNCC2)n1c(=O)oc2cc(S(=O)(=O)Nc3cccc(F)n3)c(F)cc21.Cl. The van der Waals surface area contributed by atoms with Crippen LogP contribution in [0.1, 0.15) is 29.7 Å². The molecule has 2 N–H and O–H groups in total. The Morgan fingerprint density at radius 3 is 2.71 bits per heavy atom. The largest absolute Gasteiger partial charge is 0.420 e. The molecular weight excluding hydrogens is 502 g/mol. The van der Waals surface area contributed by atoms with Crippen molar-refractivity contribution in [1.29, 1.82) is 0 Å². The molecule has 0 amide bonds. The van der Waals surface area contributed by atoms with Gasteiger partial charge >= 0.3 is 5.76 Å². The Bertz CT molecular complexity index is 1590. The van der Waals surface area contributed by atoms with Crippen LogP contribution in [0.2, 0.25) is 0 Å². The Balaban J connectivity index is 0.00000289. The van der Waals surface area contributed by atoms with Crippen LogP contribution >= 0.6 is 12.4 Å². The molecule has 4 aromatic rings. The molecule has 0 aliphatic carbocycles. The van der Waals surface area contributed by atoms with Crippen molar-refractivity contribution < 1.29 is 21.6 Å². The van der Waals surface area contributed by atoms with Crippen molar-refractivity contribution in [2.45, 2.75) is 30.8 Å². The summed E-state index contributed by atoms with van der Waals surface area (Å²) in [5.41, 5.74) is 3.19. The third kappa shape index (κ3) is 4.54. The zero-order chi connectivity index (χ0) is 24.0. The molecule has 0 radical (unpaired) electrons. The molecule has 0 spiro atoms. The van der Waals surface area contributed by atoms with Gasteiger partial charge in [0.15, 0.2) is 5.58 Å². The van der Waals surface area contributed by atoms with Crippen molar-refractivity contribution in [1.82, 2.24) is 14.9 Å². The van der Waals surface area contributed by atoms with E-state index >= 15 is 4.39 Å². The van der Waals surface area contributed by atoms with Gasteiger partial charge in [-0.25, -0.2) is 22.6 Å². The monoisotopic (exact) mass is 522 g/mol. The first-order chi connectivity index (χ1) is 16.2. The summed E-state index contributed by atoms with van der Waals surface area (Å²) in [6.45, 7) is 3.32. The van der Waals surface area contributed by atoms with Gasteiger partial charge in [0.05, 0.1) is 11.6 Å². The lowest BCUT2D eigenvalue weighted by Gasteiger charge is -2.24. The first kappa shape index (κ1) is 24.8. The molecule has 35 heavy (non-hydrogen) atoms. The van der Waals surface area contributed by atoms with Crippen LogP contribution in [0, 0.1) is 11.8 Å². The molecule has 8 nitrogen and oxygen atoms in total. The molecule has 1 aliphatic heterocycles. The van der Waals surface area contributed by atoms with Gasteiger partial charge in [-0.2, -0.15) is 4.39 Å². The van der Waals surface area contributed by atoms with Crippen LogP contribution in [-0.4, -0.2) is 24.5 Å². The lowest BCUT2D eigenvalue weighted by atomic mass is 9.92. The number of hydrogen-bond donors (Lipinski definition) is 2. The Labute approximate surface area is 205 Å². The second-order valence-electron chi connectivity index (χ2n) is 8.03. The van der Waals surface area contributed by atoms with E-state index < -0.39 is 38.5 Å². The molecular formula is C23H21ClF2N4O4S. The first-order valence-corrected chi connectivity index (χ1v) is 12.0. The maximum Gasteiger partial charge on any atom is 0.420 e. The normalized spacial score (nSPS) is 14.3. The van der Waals surface area contributed by atoms with E-state index in [2.05, 4.69) is 10.3 Å². The quantitative estimate of drug-likeness (QED) is 0.387. The molecule has 0 unspecified atom stereocenters. The molecule has 2 aromatic heterocycles. The van der Waals surface area contributed by atoms with Crippen LogP contribution < -0.4 is 15.8 Å². The zero-order valence-corrected chi connectivity index (χ0v) is 20.1. The Morgan fingerprint density at radius 1 is 1.17 bits per heavy atom. The number of fused-ring (bicyclic) bond motifs is 2. The van der Waals surface area contributed by atoms with E-state index in [1.165, 1.54) is 22.3 Å². The maximum atomic E-state index is 15.0. The number of oxazole rings is 1. The van der Waals surface area contributed by atoms with Crippen molar-refractivity contribution >= 4 is 39.3 Å². The number of anilines is 1. The molecule has 1 aliphatic rings. The fourth-order valence-corrected chi connectivity index (χ4v) is 5.41. The summed E-state index contributed by atoms with van der Waals surface area (Å²) in [6, 6.07) is 10.8. The van der Waals surface area contributed by atoms with E-state index in [1.54, 1.807) is 6.92 Å². The number of pyridine rings is 1. The molecule has 1 atom stereocenters. The number of benzene rings is 2. The van der Waals surface area contributed by atoms with Gasteiger partial charge in [-0.3, -0.25) is 9.29 Å². The van der Waals surface area contributed by atoms with Crippen LogP contribution in [0.4, 0.5) is 14.6 Å². The summed E-state index contributed by atoms with van der Waals surface area (Å²) in [5, 5.41) is 3.32. The maximum absolute atomic E-state index is 15.0. The molecule has 0 bridgehead atoms. The molecule has 5 rings (SSSR count). The Kier molecular flexibility index (Phi) is 6.67. The highest BCUT2D eigenvalue weighted by atomic mass is 35.5. The number of aromatic nitrogens is 2. The fourth-order valence-electron chi connectivity index (χ4n) is 4.34. The molecule has 184 valence electrons. The van der Waals surface area contributed by atoms with Crippen molar-refractivity contribution in [3.05, 3.63) is 87.5 Å². The number of nitrogens with zero attached hydrogens (tertiary/aromatic N) is 2. The lowest BCUT2D eigenvalue weighted by molar-refractivity contribution is 0.486. The third-order valence-corrected chi connectivity index (χ3v) is 7.30. The lowest BCUT2D eigenvalue weighted by Crippen LogP contribution is -2.27. The number of sulfonamides is 1. The summed E-state index contributed by atoms with van der Waals surface area (Å²) >= 11 is 0. The highest BCUT2D eigenvalue weighted by Gasteiger charge is 2.26. The van der Waals surface area contributed by atoms with Gasteiger partial charge in [-0.1, -0.05) is 24.3 Å². The van der Waals surface area contributed by atoms with Crippen LogP contribution in [0.3, 0.4) is 0 Å². The van der Waals surface area contributed by atoms with Gasteiger partial charge in [0, 0.05) is 18.7 Å². The van der Waals surface area contributed by atoms with Gasteiger partial charge in [0.2, 0.25) is 5.95 Å². The smallest absolute Gasteiger partial charge is 0.408 e. The van der Waals surface area contributed by atoms with Crippen molar-refractivity contribution in [3.63, 3.8) is 0 Å². The van der Waals surface area contributed by atoms with E-state index in [0.29, 0.717) is 6.54 Å². The van der Waals surface area contributed by atoms with Crippen molar-refractivity contribution in [2.75, 3.05) is 11.3 Å². The minimum atomic E-state index is -4.47. The van der Waals surface area contributed by atoms with Gasteiger partial charge in [-0.05, 0) is 48.7 Å². The Morgan fingerprint density at radius 2 is 1.94 bits per heavy atom. The Hall–Kier alpha value is -3.28. The van der Waals surface area contributed by atoms with Crippen LogP contribution in [0.25, 0.3) is 11.1 Å². The van der Waals surface area contributed by atoms with Gasteiger partial charge < -0.3 is 9.73 Å². The van der Waals surface area contributed by atoms with E-state index in [1.807, 2.05) is 22.9 Å². The van der Waals surface area contributed by atoms with E-state index in [-0.39, 0.29) is 29.3 Å². The molecule has 2 aromatic carbocycles. The van der Waals surface area contributed by atoms with Gasteiger partial charge in [0.1, 0.15) is 16.5 Å². The predicted molar refractivity (Wildman–Crippen MR) is 128 cm³/mol. The van der Waals surface area contributed by atoms with Crippen LogP contribution in [0.5, 0.6) is 0 Å². The van der Waals surface area contributed by atoms with Gasteiger partial charge in [0.25, 0.3) is 10.0 Å². The number of rotatable bonds is 5. The second kappa shape index (κ2) is 9.40. The topological polar surface area (TPSA) is 106 Å². The average molecular weight is 523 g/mol. The highest BCUT2D eigenvalue weighted by molar-refractivity contribution is 7.92. The minimum absolute atomic E-state index is 0. The average Bonchev–Trinajstić information content (AvgIpc) is 3.12. The van der Waals surface area contributed by atoms with Crippen LogP contribution in [-0.2, 0) is 23.0 Å².